The van der Waals surface area contributed by atoms with Gasteiger partial charge in [-0.2, -0.15) is 13.2 Å². The van der Waals surface area contributed by atoms with Gasteiger partial charge in [0.05, 0.1) is 12.1 Å². The largest absolute Gasteiger partial charge is 0.488 e. The van der Waals surface area contributed by atoms with Gasteiger partial charge in [0.15, 0.2) is 6.61 Å². The second-order valence-corrected chi connectivity index (χ2v) is 5.67. The standard InChI is InChI=1S/C18H16F3NO3/c19-18(20,21)13-5-7-14(8-6-13)24-11-17(23)22-10-15-9-12-3-1-2-4-16(12)25-15/h1-8,15H,9-11H2,(H,22,23). The number of ether oxygens (including phenoxy) is 2. The number of amides is 1. The second-order valence-electron chi connectivity index (χ2n) is 5.67. The Morgan fingerprint density at radius 3 is 2.56 bits per heavy atom. The van der Waals surface area contributed by atoms with Crippen molar-refractivity contribution in [1.29, 1.82) is 0 Å². The highest BCUT2D eigenvalue weighted by Gasteiger charge is 2.30. The predicted molar refractivity (Wildman–Crippen MR) is 84.5 cm³/mol. The minimum atomic E-state index is -4.39. The number of nitrogens with one attached hydrogen (secondary N) is 1. The lowest BCUT2D eigenvalue weighted by atomic mass is 10.1. The van der Waals surface area contributed by atoms with Gasteiger partial charge in [0.25, 0.3) is 5.91 Å². The summed E-state index contributed by atoms with van der Waals surface area (Å²) in [6.45, 7) is 0.0644. The monoisotopic (exact) mass is 351 g/mol. The second kappa shape index (κ2) is 7.04. The van der Waals surface area contributed by atoms with Crippen molar-refractivity contribution in [2.75, 3.05) is 13.2 Å². The van der Waals surface area contributed by atoms with Gasteiger partial charge in [-0.15, -0.1) is 0 Å². The smallest absolute Gasteiger partial charge is 0.416 e. The van der Waals surface area contributed by atoms with Gasteiger partial charge in [-0.05, 0) is 35.9 Å². The molecule has 3 rings (SSSR count). The average molecular weight is 351 g/mol. The topological polar surface area (TPSA) is 47.6 Å². The van der Waals surface area contributed by atoms with E-state index < -0.39 is 11.7 Å². The SMILES string of the molecule is O=C(COc1ccc(C(F)(F)F)cc1)NCC1Cc2ccccc2O1. The molecule has 0 saturated carbocycles. The first-order valence-electron chi connectivity index (χ1n) is 7.73. The number of hydrogen-bond donors (Lipinski definition) is 1. The van der Waals surface area contributed by atoms with Crippen molar-refractivity contribution in [1.82, 2.24) is 5.32 Å². The quantitative estimate of drug-likeness (QED) is 0.900. The molecule has 7 heteroatoms. The van der Waals surface area contributed by atoms with E-state index in [2.05, 4.69) is 5.32 Å². The number of carbonyl (C=O) groups excluding carboxylic acids is 1. The molecule has 1 amide bonds. The Kier molecular flexibility index (Phi) is 4.83. The van der Waals surface area contributed by atoms with Gasteiger partial charge in [0.1, 0.15) is 17.6 Å². The molecule has 25 heavy (non-hydrogen) atoms. The van der Waals surface area contributed by atoms with Gasteiger partial charge in [-0.3, -0.25) is 4.79 Å². The number of carbonyl (C=O) groups is 1. The van der Waals surface area contributed by atoms with Gasteiger partial charge in [0, 0.05) is 6.42 Å². The molecule has 2 aromatic rings. The molecule has 0 fully saturated rings. The van der Waals surface area contributed by atoms with E-state index >= 15 is 0 Å². The van der Waals surface area contributed by atoms with Crippen molar-refractivity contribution in [3.63, 3.8) is 0 Å². The van der Waals surface area contributed by atoms with E-state index in [1.807, 2.05) is 24.3 Å². The summed E-state index contributed by atoms with van der Waals surface area (Å²) in [5, 5.41) is 2.70. The lowest BCUT2D eigenvalue weighted by Crippen LogP contribution is -2.37. The van der Waals surface area contributed by atoms with Gasteiger partial charge in [-0.25, -0.2) is 0 Å². The van der Waals surface area contributed by atoms with Crippen molar-refractivity contribution in [3.8, 4) is 11.5 Å². The molecule has 1 atom stereocenters. The fourth-order valence-electron chi connectivity index (χ4n) is 2.54. The molecule has 0 saturated heterocycles. The number of rotatable bonds is 5. The Morgan fingerprint density at radius 1 is 1.16 bits per heavy atom. The summed E-state index contributed by atoms with van der Waals surface area (Å²) >= 11 is 0. The molecule has 2 aromatic carbocycles. The van der Waals surface area contributed by atoms with Crippen molar-refractivity contribution in [3.05, 3.63) is 59.7 Å². The highest BCUT2D eigenvalue weighted by Crippen LogP contribution is 2.30. The summed E-state index contributed by atoms with van der Waals surface area (Å²) < 4.78 is 48.3. The van der Waals surface area contributed by atoms with Crippen LogP contribution in [0.4, 0.5) is 13.2 Å². The maximum Gasteiger partial charge on any atom is 0.416 e. The molecule has 0 aliphatic carbocycles. The Balaban J connectivity index is 1.42. The van der Waals surface area contributed by atoms with Crippen LogP contribution in [-0.2, 0) is 17.4 Å². The van der Waals surface area contributed by atoms with E-state index in [-0.39, 0.29) is 24.4 Å². The van der Waals surface area contributed by atoms with Gasteiger partial charge >= 0.3 is 6.18 Å². The summed E-state index contributed by atoms with van der Waals surface area (Å²) in [5.41, 5.74) is 0.338. The molecule has 1 unspecified atom stereocenters. The zero-order chi connectivity index (χ0) is 17.9. The zero-order valence-electron chi connectivity index (χ0n) is 13.2. The van der Waals surface area contributed by atoms with Crippen LogP contribution in [-0.4, -0.2) is 25.2 Å². The number of halogens is 3. The molecular formula is C18H16F3NO3. The van der Waals surface area contributed by atoms with Crippen LogP contribution in [0.25, 0.3) is 0 Å². The molecule has 4 nitrogen and oxygen atoms in total. The minimum Gasteiger partial charge on any atom is -0.488 e. The van der Waals surface area contributed by atoms with E-state index in [1.165, 1.54) is 12.1 Å². The van der Waals surface area contributed by atoms with Crippen LogP contribution >= 0.6 is 0 Å². The van der Waals surface area contributed by atoms with E-state index in [4.69, 9.17) is 9.47 Å². The van der Waals surface area contributed by atoms with Crippen molar-refractivity contribution in [2.24, 2.45) is 0 Å². The molecule has 0 bridgehead atoms. The summed E-state index contributed by atoms with van der Waals surface area (Å²) in [6.07, 6.45) is -3.81. The molecule has 1 aliphatic heterocycles. The average Bonchev–Trinajstić information content (AvgIpc) is 3.00. The third-order valence-electron chi connectivity index (χ3n) is 3.79. The Hall–Kier alpha value is -2.70. The molecule has 1 heterocycles. The molecule has 1 N–H and O–H groups in total. The van der Waals surface area contributed by atoms with Gasteiger partial charge in [-0.1, -0.05) is 18.2 Å². The van der Waals surface area contributed by atoms with Crippen LogP contribution in [0, 0.1) is 0 Å². The van der Waals surface area contributed by atoms with Crippen LogP contribution in [0.15, 0.2) is 48.5 Å². The fraction of sp³-hybridized carbons (Fsp3) is 0.278. The van der Waals surface area contributed by atoms with E-state index in [9.17, 15) is 18.0 Å². The summed E-state index contributed by atoms with van der Waals surface area (Å²) in [4.78, 5) is 11.8. The maximum atomic E-state index is 12.5. The number of benzene rings is 2. The molecule has 0 spiro atoms. The van der Waals surface area contributed by atoms with Gasteiger partial charge in [0.2, 0.25) is 0 Å². The minimum absolute atomic E-state index is 0.132. The normalized spacial score (nSPS) is 16.0. The number of hydrogen-bond acceptors (Lipinski definition) is 3. The number of alkyl halides is 3. The van der Waals surface area contributed by atoms with E-state index in [0.717, 1.165) is 29.9 Å². The molecule has 132 valence electrons. The summed E-state index contributed by atoms with van der Waals surface area (Å²) in [6, 6.07) is 11.9. The van der Waals surface area contributed by atoms with Crippen LogP contribution < -0.4 is 14.8 Å². The number of fused-ring (bicyclic) bond motifs is 1. The van der Waals surface area contributed by atoms with E-state index in [1.54, 1.807) is 0 Å². The molecule has 0 radical (unpaired) electrons. The van der Waals surface area contributed by atoms with Crippen molar-refractivity contribution in [2.45, 2.75) is 18.7 Å². The van der Waals surface area contributed by atoms with Crippen LogP contribution in [0.2, 0.25) is 0 Å². The Labute approximate surface area is 142 Å². The van der Waals surface area contributed by atoms with Crippen LogP contribution in [0.1, 0.15) is 11.1 Å². The van der Waals surface area contributed by atoms with E-state index in [0.29, 0.717) is 6.54 Å². The Bertz CT molecular complexity index is 719. The molecule has 1 aliphatic rings. The third kappa shape index (κ3) is 4.43. The summed E-state index contributed by atoms with van der Waals surface area (Å²) in [5.74, 6) is 0.662. The third-order valence-corrected chi connectivity index (χ3v) is 3.79. The van der Waals surface area contributed by atoms with Crippen molar-refractivity contribution < 1.29 is 27.4 Å². The van der Waals surface area contributed by atoms with Crippen molar-refractivity contribution >= 4 is 5.91 Å². The first kappa shape index (κ1) is 17.1. The molecule has 0 aromatic heterocycles. The lowest BCUT2D eigenvalue weighted by molar-refractivity contribution is -0.137. The highest BCUT2D eigenvalue weighted by atomic mass is 19.4. The number of para-hydroxylation sites is 1. The predicted octanol–water partition coefficient (Wildman–Crippen LogP) is 3.20. The first-order chi connectivity index (χ1) is 11.9. The summed E-state index contributed by atoms with van der Waals surface area (Å²) in [7, 11) is 0. The maximum absolute atomic E-state index is 12.5. The van der Waals surface area contributed by atoms with Gasteiger partial charge < -0.3 is 14.8 Å². The molecular weight excluding hydrogens is 335 g/mol. The lowest BCUT2D eigenvalue weighted by Gasteiger charge is -2.13. The highest BCUT2D eigenvalue weighted by molar-refractivity contribution is 5.77. The Morgan fingerprint density at radius 2 is 1.88 bits per heavy atom. The first-order valence-corrected chi connectivity index (χ1v) is 7.73. The van der Waals surface area contributed by atoms with Crippen LogP contribution in [0.5, 0.6) is 11.5 Å². The van der Waals surface area contributed by atoms with Crippen LogP contribution in [0.3, 0.4) is 0 Å². The fourth-order valence-corrected chi connectivity index (χ4v) is 2.54. The zero-order valence-corrected chi connectivity index (χ0v) is 13.2.